The molecule has 2 amide bonds. The highest BCUT2D eigenvalue weighted by molar-refractivity contribution is 6.32. The third-order valence-electron chi connectivity index (χ3n) is 5.16. The lowest BCUT2D eigenvalue weighted by Crippen LogP contribution is -2.24. The van der Waals surface area contributed by atoms with E-state index in [1.165, 1.54) is 30.5 Å². The van der Waals surface area contributed by atoms with Crippen LogP contribution in [-0.4, -0.2) is 42.8 Å². The molecule has 11 heteroatoms. The van der Waals surface area contributed by atoms with Gasteiger partial charge >= 0.3 is 0 Å². The Morgan fingerprint density at radius 3 is 2.54 bits per heavy atom. The molecule has 4 rings (SSSR count). The lowest BCUT2D eigenvalue weighted by atomic mass is 10.2. The monoisotopic (exact) mass is 550 g/mol. The molecule has 0 aliphatic rings. The van der Waals surface area contributed by atoms with Crippen LogP contribution >= 0.6 is 11.6 Å². The van der Waals surface area contributed by atoms with Gasteiger partial charge in [-0.25, -0.2) is 9.82 Å². The normalized spacial score (nSPS) is 10.8. The Balaban J connectivity index is 1.34. The smallest absolute Gasteiger partial charge is 0.277 e. The molecule has 0 atom stereocenters. The number of hydrogen-bond acceptors (Lipinski definition) is 7. The van der Waals surface area contributed by atoms with E-state index in [9.17, 15) is 14.0 Å². The number of halogens is 2. The first-order valence-electron chi connectivity index (χ1n) is 11.9. The Morgan fingerprint density at radius 2 is 1.74 bits per heavy atom. The number of nitrogens with zero attached hydrogens (tertiary/aromatic N) is 2. The molecule has 1 aromatic heterocycles. The summed E-state index contributed by atoms with van der Waals surface area (Å²) in [7, 11) is 0. The van der Waals surface area contributed by atoms with Crippen molar-refractivity contribution in [2.75, 3.05) is 25.1 Å². The predicted molar refractivity (Wildman–Crippen MR) is 146 cm³/mol. The van der Waals surface area contributed by atoms with Crippen LogP contribution in [0, 0.1) is 5.82 Å². The van der Waals surface area contributed by atoms with Gasteiger partial charge in [0.2, 0.25) is 0 Å². The largest absolute Gasteiger partial charge is 0.490 e. The number of pyridine rings is 1. The third kappa shape index (κ3) is 7.65. The lowest BCUT2D eigenvalue weighted by molar-refractivity contribution is -0.123. The van der Waals surface area contributed by atoms with Crippen molar-refractivity contribution >= 4 is 46.2 Å². The van der Waals surface area contributed by atoms with Gasteiger partial charge in [0.05, 0.1) is 17.8 Å². The van der Waals surface area contributed by atoms with Crippen LogP contribution in [0.1, 0.15) is 12.5 Å². The fourth-order valence-corrected chi connectivity index (χ4v) is 3.75. The van der Waals surface area contributed by atoms with E-state index in [1.807, 2.05) is 24.3 Å². The van der Waals surface area contributed by atoms with Crippen LogP contribution in [0.25, 0.3) is 10.9 Å². The SMILES string of the molecule is CCOc1cc(/C=N/NC(=O)COc2cccc3cccnc23)cc(Cl)c1OCC(=O)Nc1ccc(F)cc1. The maximum absolute atomic E-state index is 13.0. The molecular formula is C28H24ClFN4O5. The minimum absolute atomic E-state index is 0.172. The summed E-state index contributed by atoms with van der Waals surface area (Å²) in [5.41, 5.74) is 4.00. The van der Waals surface area contributed by atoms with Crippen molar-refractivity contribution in [2.24, 2.45) is 5.10 Å². The van der Waals surface area contributed by atoms with Crippen LogP contribution in [0.4, 0.5) is 10.1 Å². The van der Waals surface area contributed by atoms with Crippen LogP contribution in [0.3, 0.4) is 0 Å². The van der Waals surface area contributed by atoms with Gasteiger partial charge in [-0.2, -0.15) is 5.10 Å². The summed E-state index contributed by atoms with van der Waals surface area (Å²) in [5, 5.41) is 7.62. The topological polar surface area (TPSA) is 111 Å². The molecule has 0 fully saturated rings. The van der Waals surface area contributed by atoms with Crippen molar-refractivity contribution in [3.63, 3.8) is 0 Å². The number of carbonyl (C=O) groups excluding carboxylic acids is 2. The van der Waals surface area contributed by atoms with Gasteiger partial charge in [0.1, 0.15) is 17.1 Å². The number of nitrogens with one attached hydrogen (secondary N) is 2. The Kier molecular flexibility index (Phi) is 9.25. The van der Waals surface area contributed by atoms with Gasteiger partial charge in [-0.1, -0.05) is 29.8 Å². The van der Waals surface area contributed by atoms with E-state index < -0.39 is 17.6 Å². The van der Waals surface area contributed by atoms with Crippen molar-refractivity contribution < 1.29 is 28.2 Å². The Hall–Kier alpha value is -4.70. The first kappa shape index (κ1) is 27.3. The van der Waals surface area contributed by atoms with E-state index in [1.54, 1.807) is 31.3 Å². The average molecular weight is 551 g/mol. The van der Waals surface area contributed by atoms with Gasteiger partial charge in [-0.05, 0) is 61.0 Å². The zero-order valence-corrected chi connectivity index (χ0v) is 21.6. The van der Waals surface area contributed by atoms with Crippen molar-refractivity contribution in [2.45, 2.75) is 6.92 Å². The highest BCUT2D eigenvalue weighted by Crippen LogP contribution is 2.36. The fourth-order valence-electron chi connectivity index (χ4n) is 3.48. The number of hydrogen-bond donors (Lipinski definition) is 2. The number of para-hydroxylation sites is 1. The zero-order valence-electron chi connectivity index (χ0n) is 20.8. The Bertz CT molecular complexity index is 1490. The summed E-state index contributed by atoms with van der Waals surface area (Å²) in [6.07, 6.45) is 3.04. The van der Waals surface area contributed by atoms with Gasteiger partial charge in [-0.15, -0.1) is 0 Å². The fraction of sp³-hybridized carbons (Fsp3) is 0.143. The second-order valence-electron chi connectivity index (χ2n) is 8.02. The molecule has 0 saturated heterocycles. The van der Waals surface area contributed by atoms with E-state index >= 15 is 0 Å². The van der Waals surface area contributed by atoms with E-state index in [2.05, 4.69) is 20.8 Å². The third-order valence-corrected chi connectivity index (χ3v) is 5.45. The summed E-state index contributed by atoms with van der Waals surface area (Å²) >= 11 is 6.38. The molecule has 1 heterocycles. The predicted octanol–water partition coefficient (Wildman–Crippen LogP) is 4.97. The Labute approximate surface area is 228 Å². The summed E-state index contributed by atoms with van der Waals surface area (Å²) < 4.78 is 29.9. The summed E-state index contributed by atoms with van der Waals surface area (Å²) in [5.74, 6) is -0.391. The van der Waals surface area contributed by atoms with Crippen LogP contribution < -0.4 is 25.0 Å². The molecule has 0 saturated carbocycles. The molecule has 3 aromatic carbocycles. The summed E-state index contributed by atoms with van der Waals surface area (Å²) in [6, 6.07) is 17.7. The average Bonchev–Trinajstić information content (AvgIpc) is 2.93. The zero-order chi connectivity index (χ0) is 27.6. The van der Waals surface area contributed by atoms with Crippen LogP contribution in [0.5, 0.6) is 17.2 Å². The molecule has 0 spiro atoms. The minimum Gasteiger partial charge on any atom is -0.490 e. The first-order chi connectivity index (χ1) is 18.9. The standard InChI is InChI=1S/C28H24ClFN4O5/c1-2-37-24-14-18(13-22(29)28(24)39-16-25(35)33-21-10-8-20(30)9-11-21)15-32-34-26(36)17-38-23-7-3-5-19-6-4-12-31-27(19)23/h3-15H,2,16-17H2,1H3,(H,33,35)(H,34,36)/b32-15+. The molecule has 2 N–H and O–H groups in total. The molecule has 39 heavy (non-hydrogen) atoms. The number of benzene rings is 3. The maximum Gasteiger partial charge on any atom is 0.277 e. The van der Waals surface area contributed by atoms with Gasteiger partial charge in [0.25, 0.3) is 11.8 Å². The highest BCUT2D eigenvalue weighted by atomic mass is 35.5. The minimum atomic E-state index is -0.470. The molecule has 4 aromatic rings. The number of ether oxygens (including phenoxy) is 3. The van der Waals surface area contributed by atoms with E-state index in [4.69, 9.17) is 25.8 Å². The van der Waals surface area contributed by atoms with E-state index in [-0.39, 0.29) is 24.0 Å². The van der Waals surface area contributed by atoms with Crippen molar-refractivity contribution in [1.82, 2.24) is 10.4 Å². The van der Waals surface area contributed by atoms with Crippen molar-refractivity contribution in [3.05, 3.63) is 89.3 Å². The van der Waals surface area contributed by atoms with Gasteiger partial charge in [0.15, 0.2) is 24.7 Å². The van der Waals surface area contributed by atoms with Crippen molar-refractivity contribution in [3.8, 4) is 17.2 Å². The molecule has 0 aliphatic carbocycles. The van der Waals surface area contributed by atoms with Gasteiger partial charge in [-0.3, -0.25) is 14.6 Å². The van der Waals surface area contributed by atoms with Crippen molar-refractivity contribution in [1.29, 1.82) is 0 Å². The van der Waals surface area contributed by atoms with E-state index in [0.29, 0.717) is 34.9 Å². The number of carbonyl (C=O) groups is 2. The molecule has 9 nitrogen and oxygen atoms in total. The second kappa shape index (κ2) is 13.2. The highest BCUT2D eigenvalue weighted by Gasteiger charge is 2.14. The van der Waals surface area contributed by atoms with Crippen LogP contribution in [-0.2, 0) is 9.59 Å². The lowest BCUT2D eigenvalue weighted by Gasteiger charge is -2.14. The number of anilines is 1. The number of amides is 2. The van der Waals surface area contributed by atoms with E-state index in [0.717, 1.165) is 5.39 Å². The molecule has 200 valence electrons. The second-order valence-corrected chi connectivity index (χ2v) is 8.43. The summed E-state index contributed by atoms with van der Waals surface area (Å²) in [4.78, 5) is 28.8. The number of rotatable bonds is 11. The van der Waals surface area contributed by atoms with Crippen LogP contribution in [0.2, 0.25) is 5.02 Å². The Morgan fingerprint density at radius 1 is 0.974 bits per heavy atom. The van der Waals surface area contributed by atoms with Gasteiger partial charge < -0.3 is 19.5 Å². The molecular weight excluding hydrogens is 527 g/mol. The number of aromatic nitrogens is 1. The molecule has 0 unspecified atom stereocenters. The summed E-state index contributed by atoms with van der Waals surface area (Å²) in [6.45, 7) is 1.48. The molecule has 0 radical (unpaired) electrons. The number of fused-ring (bicyclic) bond motifs is 1. The quantitative estimate of drug-likeness (QED) is 0.201. The van der Waals surface area contributed by atoms with Gasteiger partial charge in [0, 0.05) is 17.3 Å². The molecule has 0 bridgehead atoms. The maximum atomic E-state index is 13.0. The van der Waals surface area contributed by atoms with Crippen LogP contribution in [0.15, 0.2) is 78.0 Å². The first-order valence-corrected chi connectivity index (χ1v) is 12.2. The molecule has 0 aliphatic heterocycles. The number of hydrazone groups is 1.